The molecule has 0 saturated carbocycles. The number of nitrogens with zero attached hydrogens (tertiary/aromatic N) is 2. The van der Waals surface area contributed by atoms with Crippen LogP contribution in [0, 0.1) is 24.2 Å². The summed E-state index contributed by atoms with van der Waals surface area (Å²) in [5, 5.41) is 17.6. The van der Waals surface area contributed by atoms with E-state index >= 15 is 0 Å². The SMILES string of the molecule is Cc1ccc(C#N)cc1S(=O)(=O)N1CC(C(=O)O)C1. The van der Waals surface area contributed by atoms with Gasteiger partial charge in [-0.15, -0.1) is 0 Å². The fourth-order valence-electron chi connectivity index (χ4n) is 1.88. The second-order valence-corrected chi connectivity index (χ2v) is 6.36. The van der Waals surface area contributed by atoms with Crippen molar-refractivity contribution in [3.8, 4) is 6.07 Å². The van der Waals surface area contributed by atoms with Crippen molar-refractivity contribution < 1.29 is 18.3 Å². The number of hydrogen-bond donors (Lipinski definition) is 1. The molecule has 2 rings (SSSR count). The minimum absolute atomic E-state index is 0.0200. The van der Waals surface area contributed by atoms with Crippen LogP contribution in [0.15, 0.2) is 23.1 Å². The summed E-state index contributed by atoms with van der Waals surface area (Å²) in [7, 11) is -3.71. The number of nitriles is 1. The van der Waals surface area contributed by atoms with Crippen LogP contribution < -0.4 is 0 Å². The quantitative estimate of drug-likeness (QED) is 0.872. The Morgan fingerprint density at radius 2 is 2.11 bits per heavy atom. The van der Waals surface area contributed by atoms with Gasteiger partial charge in [-0.1, -0.05) is 6.07 Å². The van der Waals surface area contributed by atoms with Gasteiger partial charge in [0, 0.05) is 13.1 Å². The maximum Gasteiger partial charge on any atom is 0.309 e. The van der Waals surface area contributed by atoms with Gasteiger partial charge >= 0.3 is 5.97 Å². The van der Waals surface area contributed by atoms with E-state index in [1.807, 2.05) is 6.07 Å². The molecule has 1 fully saturated rings. The predicted octanol–water partition coefficient (Wildman–Crippen LogP) is 0.572. The highest BCUT2D eigenvalue weighted by atomic mass is 32.2. The van der Waals surface area contributed by atoms with E-state index in [4.69, 9.17) is 10.4 Å². The van der Waals surface area contributed by atoms with Gasteiger partial charge in [0.25, 0.3) is 0 Å². The van der Waals surface area contributed by atoms with Gasteiger partial charge in [0.15, 0.2) is 0 Å². The van der Waals surface area contributed by atoms with Gasteiger partial charge in [0.05, 0.1) is 22.4 Å². The maximum atomic E-state index is 12.3. The molecule has 1 aromatic rings. The van der Waals surface area contributed by atoms with E-state index in [-0.39, 0.29) is 23.5 Å². The minimum Gasteiger partial charge on any atom is -0.481 e. The summed E-state index contributed by atoms with van der Waals surface area (Å²) in [6, 6.07) is 6.33. The smallest absolute Gasteiger partial charge is 0.309 e. The first-order valence-electron chi connectivity index (χ1n) is 5.60. The number of carbonyl (C=O) groups is 1. The summed E-state index contributed by atoms with van der Waals surface area (Å²) in [5.41, 5.74) is 0.803. The average Bonchev–Trinajstić information content (AvgIpc) is 2.26. The highest BCUT2D eigenvalue weighted by molar-refractivity contribution is 7.89. The summed E-state index contributed by atoms with van der Waals surface area (Å²) >= 11 is 0. The van der Waals surface area contributed by atoms with Crippen LogP contribution in [-0.4, -0.2) is 36.9 Å². The van der Waals surface area contributed by atoms with Crippen LogP contribution in [0.1, 0.15) is 11.1 Å². The number of rotatable bonds is 3. The van der Waals surface area contributed by atoms with Crippen molar-refractivity contribution in [3.05, 3.63) is 29.3 Å². The monoisotopic (exact) mass is 280 g/mol. The maximum absolute atomic E-state index is 12.3. The molecule has 0 radical (unpaired) electrons. The molecular weight excluding hydrogens is 268 g/mol. The summed E-state index contributed by atoms with van der Waals surface area (Å²) in [4.78, 5) is 10.8. The van der Waals surface area contributed by atoms with Crippen molar-refractivity contribution in [1.82, 2.24) is 4.31 Å². The van der Waals surface area contributed by atoms with Gasteiger partial charge in [-0.05, 0) is 24.6 Å². The van der Waals surface area contributed by atoms with E-state index in [0.717, 1.165) is 4.31 Å². The first-order valence-corrected chi connectivity index (χ1v) is 7.04. The second kappa shape index (κ2) is 4.64. The first-order chi connectivity index (χ1) is 8.86. The number of hydrogen-bond acceptors (Lipinski definition) is 4. The third-order valence-corrected chi connectivity index (χ3v) is 5.11. The lowest BCUT2D eigenvalue weighted by Gasteiger charge is -2.35. The molecule has 1 aromatic carbocycles. The zero-order valence-corrected chi connectivity index (χ0v) is 11.0. The zero-order valence-electron chi connectivity index (χ0n) is 10.2. The molecule has 19 heavy (non-hydrogen) atoms. The van der Waals surface area contributed by atoms with E-state index < -0.39 is 21.9 Å². The number of benzene rings is 1. The lowest BCUT2D eigenvalue weighted by molar-refractivity contribution is -0.145. The summed E-state index contributed by atoms with van der Waals surface area (Å²) in [6.45, 7) is 1.60. The molecule has 1 N–H and O–H groups in total. The molecule has 6 nitrogen and oxygen atoms in total. The van der Waals surface area contributed by atoms with Crippen LogP contribution >= 0.6 is 0 Å². The Kier molecular flexibility index (Phi) is 3.30. The average molecular weight is 280 g/mol. The molecule has 0 amide bonds. The molecule has 1 aliphatic heterocycles. The summed E-state index contributed by atoms with van der Waals surface area (Å²) in [6.07, 6.45) is 0. The molecule has 0 atom stereocenters. The van der Waals surface area contributed by atoms with Crippen molar-refractivity contribution in [3.63, 3.8) is 0 Å². The molecule has 1 saturated heterocycles. The predicted molar refractivity (Wildman–Crippen MR) is 65.8 cm³/mol. The fourth-order valence-corrected chi connectivity index (χ4v) is 3.66. The molecule has 100 valence electrons. The Labute approximate surface area is 110 Å². The fraction of sp³-hybridized carbons (Fsp3) is 0.333. The van der Waals surface area contributed by atoms with E-state index in [1.165, 1.54) is 6.07 Å². The number of carboxylic acids is 1. The zero-order chi connectivity index (χ0) is 14.2. The molecular formula is C12H12N2O4S. The molecule has 0 unspecified atom stereocenters. The normalized spacial score (nSPS) is 16.6. The van der Waals surface area contributed by atoms with Crippen LogP contribution in [-0.2, 0) is 14.8 Å². The molecule has 0 spiro atoms. The molecule has 0 aromatic heterocycles. The van der Waals surface area contributed by atoms with Crippen LogP contribution in [0.25, 0.3) is 0 Å². The van der Waals surface area contributed by atoms with Crippen LogP contribution in [0.2, 0.25) is 0 Å². The van der Waals surface area contributed by atoms with E-state index in [0.29, 0.717) is 5.56 Å². The minimum atomic E-state index is -3.71. The Bertz CT molecular complexity index is 669. The van der Waals surface area contributed by atoms with Crippen LogP contribution in [0.5, 0.6) is 0 Å². The standard InChI is InChI=1S/C12H12N2O4S/c1-8-2-3-9(5-13)4-11(8)19(17,18)14-6-10(7-14)12(15)16/h2-4,10H,6-7H2,1H3,(H,15,16). The van der Waals surface area contributed by atoms with Gasteiger partial charge in [-0.25, -0.2) is 8.42 Å². The Hall–Kier alpha value is -1.91. The van der Waals surface area contributed by atoms with Gasteiger partial charge in [-0.2, -0.15) is 9.57 Å². The molecule has 7 heteroatoms. The van der Waals surface area contributed by atoms with E-state index in [9.17, 15) is 13.2 Å². The van der Waals surface area contributed by atoms with Gasteiger partial charge < -0.3 is 5.11 Å². The highest BCUT2D eigenvalue weighted by Crippen LogP contribution is 2.27. The van der Waals surface area contributed by atoms with Crippen LogP contribution in [0.4, 0.5) is 0 Å². The van der Waals surface area contributed by atoms with Crippen molar-refractivity contribution in [2.24, 2.45) is 5.92 Å². The van der Waals surface area contributed by atoms with Crippen molar-refractivity contribution in [2.75, 3.05) is 13.1 Å². The first kappa shape index (κ1) is 13.5. The number of sulfonamides is 1. The Balaban J connectivity index is 2.32. The van der Waals surface area contributed by atoms with Crippen molar-refractivity contribution in [2.45, 2.75) is 11.8 Å². The number of aryl methyl sites for hydroxylation is 1. The lowest BCUT2D eigenvalue weighted by atomic mass is 10.0. The summed E-state index contributed by atoms with van der Waals surface area (Å²) in [5.74, 6) is -1.64. The second-order valence-electron chi connectivity index (χ2n) is 4.45. The van der Waals surface area contributed by atoms with Gasteiger partial charge in [0.2, 0.25) is 10.0 Å². The number of carboxylic acid groups (broad SMARTS) is 1. The topological polar surface area (TPSA) is 98.5 Å². The number of aliphatic carboxylic acids is 1. The Morgan fingerprint density at radius 3 is 2.63 bits per heavy atom. The molecule has 0 aliphatic carbocycles. The molecule has 0 bridgehead atoms. The van der Waals surface area contributed by atoms with Gasteiger partial charge in [0.1, 0.15) is 0 Å². The largest absolute Gasteiger partial charge is 0.481 e. The van der Waals surface area contributed by atoms with Gasteiger partial charge in [-0.3, -0.25) is 4.79 Å². The highest BCUT2D eigenvalue weighted by Gasteiger charge is 2.41. The van der Waals surface area contributed by atoms with Crippen LogP contribution in [0.3, 0.4) is 0 Å². The van der Waals surface area contributed by atoms with Crippen molar-refractivity contribution >= 4 is 16.0 Å². The molecule has 1 heterocycles. The Morgan fingerprint density at radius 1 is 1.47 bits per heavy atom. The van der Waals surface area contributed by atoms with Crippen molar-refractivity contribution in [1.29, 1.82) is 5.26 Å². The molecule has 1 aliphatic rings. The lowest BCUT2D eigenvalue weighted by Crippen LogP contribution is -2.52. The van der Waals surface area contributed by atoms with E-state index in [2.05, 4.69) is 0 Å². The van der Waals surface area contributed by atoms with E-state index in [1.54, 1.807) is 19.1 Å². The third-order valence-electron chi connectivity index (χ3n) is 3.13. The third kappa shape index (κ3) is 2.32. The summed E-state index contributed by atoms with van der Waals surface area (Å²) < 4.78 is 25.7.